The lowest BCUT2D eigenvalue weighted by Gasteiger charge is -2.06. The molecule has 5 unspecified atom stereocenters. The highest BCUT2D eigenvalue weighted by molar-refractivity contribution is 4.95. The first-order chi connectivity index (χ1) is 6.26. The molecule has 0 aromatic carbocycles. The quantitative estimate of drug-likeness (QED) is 0.597. The molecule has 0 aromatic rings. The normalized spacial score (nSPS) is 44.5. The Labute approximate surface area is 83.1 Å². The van der Waals surface area contributed by atoms with E-state index >= 15 is 0 Å². The van der Waals surface area contributed by atoms with Crippen LogP contribution in [0.1, 0.15) is 52.9 Å². The minimum absolute atomic E-state index is 1.00. The van der Waals surface area contributed by atoms with Crippen LogP contribution in [0.4, 0.5) is 0 Å². The Bertz CT molecular complexity index is 173. The van der Waals surface area contributed by atoms with Crippen LogP contribution in [0.3, 0.4) is 0 Å². The summed E-state index contributed by atoms with van der Waals surface area (Å²) in [6, 6.07) is 0. The summed E-state index contributed by atoms with van der Waals surface area (Å²) in [4.78, 5) is 0. The Morgan fingerprint density at radius 1 is 1.08 bits per heavy atom. The van der Waals surface area contributed by atoms with Gasteiger partial charge in [-0.05, 0) is 48.9 Å². The second-order valence-electron chi connectivity index (χ2n) is 5.44. The van der Waals surface area contributed by atoms with Gasteiger partial charge in [0.25, 0.3) is 0 Å². The van der Waals surface area contributed by atoms with Crippen LogP contribution in [0.5, 0.6) is 0 Å². The molecule has 0 saturated heterocycles. The first kappa shape index (κ1) is 9.55. The third-order valence-electron chi connectivity index (χ3n) is 4.55. The summed E-state index contributed by atoms with van der Waals surface area (Å²) >= 11 is 0. The van der Waals surface area contributed by atoms with E-state index in [2.05, 4.69) is 20.8 Å². The van der Waals surface area contributed by atoms with Gasteiger partial charge in [0, 0.05) is 0 Å². The van der Waals surface area contributed by atoms with Crippen molar-refractivity contribution in [3.63, 3.8) is 0 Å². The van der Waals surface area contributed by atoms with Gasteiger partial charge in [0.2, 0.25) is 0 Å². The molecule has 0 amide bonds. The van der Waals surface area contributed by atoms with Crippen LogP contribution in [0.25, 0.3) is 0 Å². The first-order valence-corrected chi connectivity index (χ1v) is 6.26. The standard InChI is InChI=1S/C13H24/c1-4-9(3)13-8-12(13)7-11-6-10(11)5-2/h9-13H,4-8H2,1-3H3. The number of hydrogen-bond donors (Lipinski definition) is 0. The Morgan fingerprint density at radius 2 is 1.85 bits per heavy atom. The Morgan fingerprint density at radius 3 is 2.38 bits per heavy atom. The van der Waals surface area contributed by atoms with E-state index in [1.165, 1.54) is 12.8 Å². The molecule has 0 heteroatoms. The van der Waals surface area contributed by atoms with Crippen molar-refractivity contribution in [1.29, 1.82) is 0 Å². The average Bonchev–Trinajstić information content (AvgIpc) is 3.01. The molecule has 2 aliphatic carbocycles. The Balaban J connectivity index is 1.64. The molecule has 2 rings (SSSR count). The summed E-state index contributed by atoms with van der Waals surface area (Å²) < 4.78 is 0. The molecule has 0 aromatic heterocycles. The predicted octanol–water partition coefficient (Wildman–Crippen LogP) is 4.10. The fourth-order valence-electron chi connectivity index (χ4n) is 3.03. The Hall–Kier alpha value is 0. The topological polar surface area (TPSA) is 0 Å². The van der Waals surface area contributed by atoms with E-state index in [1.807, 2.05) is 0 Å². The molecule has 13 heavy (non-hydrogen) atoms. The summed E-state index contributed by atoms with van der Waals surface area (Å²) in [5.74, 6) is 5.52. The van der Waals surface area contributed by atoms with Crippen molar-refractivity contribution in [2.75, 3.05) is 0 Å². The molecular weight excluding hydrogens is 156 g/mol. The van der Waals surface area contributed by atoms with Gasteiger partial charge < -0.3 is 0 Å². The van der Waals surface area contributed by atoms with Gasteiger partial charge in [0.05, 0.1) is 0 Å². The van der Waals surface area contributed by atoms with E-state index in [0.29, 0.717) is 0 Å². The SMILES string of the molecule is CCC(C)C1CC1CC1CC1CC. The second-order valence-corrected chi connectivity index (χ2v) is 5.44. The van der Waals surface area contributed by atoms with Crippen molar-refractivity contribution in [2.24, 2.45) is 29.6 Å². The van der Waals surface area contributed by atoms with Crippen molar-refractivity contribution in [3.8, 4) is 0 Å². The van der Waals surface area contributed by atoms with Gasteiger partial charge in [-0.15, -0.1) is 0 Å². The summed E-state index contributed by atoms with van der Waals surface area (Å²) in [6.45, 7) is 7.13. The zero-order chi connectivity index (χ0) is 9.42. The fourth-order valence-corrected chi connectivity index (χ4v) is 3.03. The van der Waals surface area contributed by atoms with Crippen LogP contribution >= 0.6 is 0 Å². The van der Waals surface area contributed by atoms with Crippen LogP contribution in [-0.4, -0.2) is 0 Å². The van der Waals surface area contributed by atoms with Gasteiger partial charge in [-0.1, -0.05) is 33.6 Å². The minimum Gasteiger partial charge on any atom is -0.0651 e. The maximum atomic E-state index is 2.44. The first-order valence-electron chi connectivity index (χ1n) is 6.26. The lowest BCUT2D eigenvalue weighted by atomic mass is 9.99. The molecule has 2 saturated carbocycles. The van der Waals surface area contributed by atoms with Crippen LogP contribution in [0.15, 0.2) is 0 Å². The van der Waals surface area contributed by atoms with Crippen molar-refractivity contribution >= 4 is 0 Å². The van der Waals surface area contributed by atoms with Gasteiger partial charge in [0.15, 0.2) is 0 Å². The molecule has 0 heterocycles. The predicted molar refractivity (Wildman–Crippen MR) is 57.6 cm³/mol. The zero-order valence-electron chi connectivity index (χ0n) is 9.42. The summed E-state index contributed by atoms with van der Waals surface area (Å²) in [7, 11) is 0. The molecule has 2 fully saturated rings. The molecule has 5 atom stereocenters. The van der Waals surface area contributed by atoms with E-state index < -0.39 is 0 Å². The lowest BCUT2D eigenvalue weighted by Crippen LogP contribution is -1.97. The highest BCUT2D eigenvalue weighted by Gasteiger charge is 2.45. The zero-order valence-corrected chi connectivity index (χ0v) is 9.42. The molecule has 0 radical (unpaired) electrons. The van der Waals surface area contributed by atoms with Crippen LogP contribution in [0.2, 0.25) is 0 Å². The van der Waals surface area contributed by atoms with Crippen molar-refractivity contribution in [3.05, 3.63) is 0 Å². The summed E-state index contributed by atoms with van der Waals surface area (Å²) in [6.07, 6.45) is 7.52. The third kappa shape index (κ3) is 2.08. The lowest BCUT2D eigenvalue weighted by molar-refractivity contribution is 0.438. The number of hydrogen-bond acceptors (Lipinski definition) is 0. The van der Waals surface area contributed by atoms with Crippen LogP contribution in [-0.2, 0) is 0 Å². The molecule has 0 aliphatic heterocycles. The monoisotopic (exact) mass is 180 g/mol. The van der Waals surface area contributed by atoms with Gasteiger partial charge in [-0.3, -0.25) is 0 Å². The molecule has 2 aliphatic rings. The molecule has 0 N–H and O–H groups in total. The minimum atomic E-state index is 1.00. The summed E-state index contributed by atoms with van der Waals surface area (Å²) in [5, 5.41) is 0. The van der Waals surface area contributed by atoms with E-state index in [9.17, 15) is 0 Å². The van der Waals surface area contributed by atoms with Gasteiger partial charge >= 0.3 is 0 Å². The maximum Gasteiger partial charge on any atom is -0.0357 e. The van der Waals surface area contributed by atoms with E-state index in [0.717, 1.165) is 29.6 Å². The van der Waals surface area contributed by atoms with E-state index in [4.69, 9.17) is 0 Å². The molecule has 76 valence electrons. The van der Waals surface area contributed by atoms with Gasteiger partial charge in [-0.2, -0.15) is 0 Å². The molecule has 0 spiro atoms. The summed E-state index contributed by atoms with van der Waals surface area (Å²) in [5.41, 5.74) is 0. The van der Waals surface area contributed by atoms with Crippen molar-refractivity contribution in [2.45, 2.75) is 52.9 Å². The second kappa shape index (κ2) is 3.63. The third-order valence-corrected chi connectivity index (χ3v) is 4.55. The van der Waals surface area contributed by atoms with Crippen molar-refractivity contribution < 1.29 is 0 Å². The highest BCUT2D eigenvalue weighted by atomic mass is 14.5. The maximum absolute atomic E-state index is 2.44. The largest absolute Gasteiger partial charge is 0.0651 e. The average molecular weight is 180 g/mol. The molecule has 0 nitrogen and oxygen atoms in total. The van der Waals surface area contributed by atoms with Crippen molar-refractivity contribution in [1.82, 2.24) is 0 Å². The number of rotatable bonds is 5. The van der Waals surface area contributed by atoms with Gasteiger partial charge in [0.1, 0.15) is 0 Å². The van der Waals surface area contributed by atoms with E-state index in [-0.39, 0.29) is 0 Å². The van der Waals surface area contributed by atoms with Gasteiger partial charge in [-0.25, -0.2) is 0 Å². The fraction of sp³-hybridized carbons (Fsp3) is 1.00. The smallest absolute Gasteiger partial charge is 0.0357 e. The molecule has 0 bridgehead atoms. The highest BCUT2D eigenvalue weighted by Crippen LogP contribution is 2.55. The van der Waals surface area contributed by atoms with E-state index in [1.54, 1.807) is 19.3 Å². The molecular formula is C13H24. The Kier molecular flexibility index (Phi) is 2.67. The van der Waals surface area contributed by atoms with Crippen LogP contribution in [0, 0.1) is 29.6 Å². The van der Waals surface area contributed by atoms with Crippen LogP contribution < -0.4 is 0 Å².